The van der Waals surface area contributed by atoms with Crippen LogP contribution >= 0.6 is 0 Å². The molecule has 80 heavy (non-hydrogen) atoms. The van der Waals surface area contributed by atoms with Crippen LogP contribution in [0, 0.1) is 0 Å². The molecule has 2 unspecified atom stereocenters. The average molecular weight is 1130 g/mol. The molecule has 0 aliphatic carbocycles. The van der Waals surface area contributed by atoms with Crippen molar-refractivity contribution in [3.63, 3.8) is 0 Å². The Morgan fingerprint density at radius 1 is 0.338 bits per heavy atom. The number of esters is 1. The van der Waals surface area contributed by atoms with E-state index < -0.39 is 12.1 Å². The molecular formula is C74H145NO5. The number of amides is 1. The second kappa shape index (κ2) is 70.1. The van der Waals surface area contributed by atoms with Crippen LogP contribution in [-0.4, -0.2) is 47.4 Å². The number of rotatable bonds is 70. The molecule has 1 amide bonds. The topological polar surface area (TPSA) is 95.9 Å². The molecule has 0 bridgehead atoms. The summed E-state index contributed by atoms with van der Waals surface area (Å²) in [5.41, 5.74) is 0. The first-order valence-electron chi connectivity index (χ1n) is 37.0. The standard InChI is InChI=1S/C74H145NO5/c1-3-5-7-9-11-13-15-17-19-21-34-38-42-46-50-54-58-62-66-72(77)71(70-76)75-73(78)67-63-59-55-51-47-43-39-35-32-30-28-26-24-23-25-27-29-31-33-37-41-45-49-53-57-61-65-69-80-74(79)68-64-60-56-52-48-44-40-36-22-20-18-16-14-12-10-8-6-4-2/h62,66,71-72,76-77H,3-61,63-65,67-70H2,1-2H3,(H,75,78)/b66-62+. The molecule has 0 radical (unpaired) electrons. The highest BCUT2D eigenvalue weighted by atomic mass is 16.5. The fourth-order valence-electron chi connectivity index (χ4n) is 11.9. The van der Waals surface area contributed by atoms with Gasteiger partial charge in [0.05, 0.1) is 25.4 Å². The Balaban J connectivity index is 3.34. The minimum atomic E-state index is -0.842. The van der Waals surface area contributed by atoms with Crippen LogP contribution in [0.4, 0.5) is 0 Å². The lowest BCUT2D eigenvalue weighted by Crippen LogP contribution is -2.45. The van der Waals surface area contributed by atoms with Crippen LogP contribution in [0.15, 0.2) is 12.2 Å². The summed E-state index contributed by atoms with van der Waals surface area (Å²) >= 11 is 0. The highest BCUT2D eigenvalue weighted by Gasteiger charge is 2.18. The number of hydrogen-bond acceptors (Lipinski definition) is 5. The van der Waals surface area contributed by atoms with Crippen LogP contribution < -0.4 is 5.32 Å². The summed E-state index contributed by atoms with van der Waals surface area (Å²) in [5.74, 6) is -0.0378. The van der Waals surface area contributed by atoms with Gasteiger partial charge < -0.3 is 20.3 Å². The van der Waals surface area contributed by atoms with E-state index in [2.05, 4.69) is 19.2 Å². The van der Waals surface area contributed by atoms with Crippen molar-refractivity contribution >= 4 is 11.9 Å². The number of aliphatic hydroxyl groups excluding tert-OH is 2. The molecule has 0 aliphatic rings. The van der Waals surface area contributed by atoms with Crippen molar-refractivity contribution in [3.05, 3.63) is 12.2 Å². The van der Waals surface area contributed by atoms with Gasteiger partial charge in [-0.3, -0.25) is 9.59 Å². The van der Waals surface area contributed by atoms with E-state index in [1.54, 1.807) is 6.08 Å². The Hall–Kier alpha value is -1.40. The van der Waals surface area contributed by atoms with Crippen molar-refractivity contribution in [2.24, 2.45) is 0 Å². The number of unbranched alkanes of at least 4 members (excludes halogenated alkanes) is 59. The van der Waals surface area contributed by atoms with Crippen LogP contribution in [0.1, 0.15) is 425 Å². The number of aliphatic hydroxyl groups is 2. The Kier molecular flexibility index (Phi) is 68.9. The molecular weight excluding hydrogens is 983 g/mol. The van der Waals surface area contributed by atoms with Crippen LogP contribution in [0.5, 0.6) is 0 Å². The summed E-state index contributed by atoms with van der Waals surface area (Å²) in [6.45, 7) is 4.96. The van der Waals surface area contributed by atoms with Crippen LogP contribution in [-0.2, 0) is 14.3 Å². The molecule has 0 aromatic rings. The highest BCUT2D eigenvalue weighted by molar-refractivity contribution is 5.76. The van der Waals surface area contributed by atoms with Crippen LogP contribution in [0.25, 0.3) is 0 Å². The van der Waals surface area contributed by atoms with Gasteiger partial charge in [0.15, 0.2) is 0 Å². The van der Waals surface area contributed by atoms with Gasteiger partial charge >= 0.3 is 5.97 Å². The van der Waals surface area contributed by atoms with Crippen molar-refractivity contribution in [1.29, 1.82) is 0 Å². The highest BCUT2D eigenvalue weighted by Crippen LogP contribution is 2.20. The lowest BCUT2D eigenvalue weighted by atomic mass is 10.0. The summed E-state index contributed by atoms with van der Waals surface area (Å²) in [6.07, 6.45) is 87.3. The van der Waals surface area contributed by atoms with Gasteiger partial charge in [0, 0.05) is 12.8 Å². The molecule has 0 heterocycles. The zero-order valence-corrected chi connectivity index (χ0v) is 54.6. The quantitative estimate of drug-likeness (QED) is 0.0320. The van der Waals surface area contributed by atoms with Gasteiger partial charge in [0.25, 0.3) is 0 Å². The number of nitrogens with one attached hydrogen (secondary N) is 1. The first-order chi connectivity index (χ1) is 39.5. The van der Waals surface area contributed by atoms with Gasteiger partial charge in [0.1, 0.15) is 0 Å². The molecule has 0 aliphatic heterocycles. The van der Waals surface area contributed by atoms with Crippen LogP contribution in [0.3, 0.4) is 0 Å². The minimum absolute atomic E-state index is 0.0233. The molecule has 0 fully saturated rings. The summed E-state index contributed by atoms with van der Waals surface area (Å²) in [6, 6.07) is -0.626. The Labute approximate surface area is 501 Å². The Morgan fingerprint density at radius 2 is 0.575 bits per heavy atom. The monoisotopic (exact) mass is 1130 g/mol. The number of carbonyl (C=O) groups excluding carboxylic acids is 2. The SMILES string of the molecule is CCCCCCCCCCCCCCCCCC/C=C/C(O)C(CO)NC(=O)CCCCCCCCCCCCCCCCCCCCCCCCCCCCCOC(=O)CCCCCCCCCCCCCCCCCCCC. The Morgan fingerprint density at radius 3 is 0.850 bits per heavy atom. The Bertz CT molecular complexity index is 1210. The first-order valence-corrected chi connectivity index (χ1v) is 37.0. The summed E-state index contributed by atoms with van der Waals surface area (Å²) in [7, 11) is 0. The van der Waals surface area contributed by atoms with Gasteiger partial charge in [-0.25, -0.2) is 0 Å². The number of ether oxygens (including phenoxy) is 1. The minimum Gasteiger partial charge on any atom is -0.466 e. The predicted molar refractivity (Wildman–Crippen MR) is 352 cm³/mol. The van der Waals surface area contributed by atoms with Gasteiger partial charge in [-0.15, -0.1) is 0 Å². The fourth-order valence-corrected chi connectivity index (χ4v) is 11.9. The lowest BCUT2D eigenvalue weighted by molar-refractivity contribution is -0.143. The molecule has 3 N–H and O–H groups in total. The molecule has 0 aromatic carbocycles. The van der Waals surface area contributed by atoms with Gasteiger partial charge in [0.2, 0.25) is 5.91 Å². The molecule has 0 saturated heterocycles. The van der Waals surface area contributed by atoms with Gasteiger partial charge in [-0.05, 0) is 32.1 Å². The van der Waals surface area contributed by atoms with E-state index in [0.717, 1.165) is 38.5 Å². The van der Waals surface area contributed by atoms with Crippen molar-refractivity contribution in [2.75, 3.05) is 13.2 Å². The normalized spacial score (nSPS) is 12.5. The number of hydrogen-bond donors (Lipinski definition) is 3. The van der Waals surface area contributed by atoms with Gasteiger partial charge in [-0.2, -0.15) is 0 Å². The van der Waals surface area contributed by atoms with E-state index in [-0.39, 0.29) is 18.5 Å². The third-order valence-electron chi connectivity index (χ3n) is 17.6. The summed E-state index contributed by atoms with van der Waals surface area (Å²) in [5, 5.41) is 23.2. The third-order valence-corrected chi connectivity index (χ3v) is 17.6. The molecule has 0 spiro atoms. The summed E-state index contributed by atoms with van der Waals surface area (Å²) < 4.78 is 5.51. The zero-order valence-electron chi connectivity index (χ0n) is 54.6. The van der Waals surface area contributed by atoms with E-state index in [9.17, 15) is 19.8 Å². The largest absolute Gasteiger partial charge is 0.466 e. The van der Waals surface area contributed by atoms with Crippen molar-refractivity contribution in [3.8, 4) is 0 Å². The molecule has 2 atom stereocenters. The van der Waals surface area contributed by atoms with E-state index in [0.29, 0.717) is 19.4 Å². The van der Waals surface area contributed by atoms with E-state index in [1.165, 1.54) is 360 Å². The predicted octanol–water partition coefficient (Wildman–Crippen LogP) is 23.9. The molecule has 0 rings (SSSR count). The van der Waals surface area contributed by atoms with E-state index in [4.69, 9.17) is 4.74 Å². The third kappa shape index (κ3) is 65.7. The smallest absolute Gasteiger partial charge is 0.305 e. The molecule has 0 saturated carbocycles. The summed E-state index contributed by atoms with van der Waals surface area (Å²) in [4.78, 5) is 24.6. The number of allylic oxidation sites excluding steroid dienone is 1. The van der Waals surface area contributed by atoms with Crippen molar-refractivity contribution in [1.82, 2.24) is 5.32 Å². The second-order valence-electron chi connectivity index (χ2n) is 25.6. The molecule has 6 heteroatoms. The molecule has 476 valence electrons. The maximum absolute atomic E-state index is 12.5. The zero-order chi connectivity index (χ0) is 57.8. The first kappa shape index (κ1) is 78.6. The lowest BCUT2D eigenvalue weighted by Gasteiger charge is -2.20. The second-order valence-corrected chi connectivity index (χ2v) is 25.6. The number of carbonyl (C=O) groups is 2. The fraction of sp³-hybridized carbons (Fsp3) is 0.946. The van der Waals surface area contributed by atoms with Crippen molar-refractivity contribution < 1.29 is 24.5 Å². The van der Waals surface area contributed by atoms with Gasteiger partial charge in [-0.1, -0.05) is 392 Å². The van der Waals surface area contributed by atoms with E-state index >= 15 is 0 Å². The molecule has 0 aromatic heterocycles. The van der Waals surface area contributed by atoms with Crippen molar-refractivity contribution in [2.45, 2.75) is 437 Å². The maximum Gasteiger partial charge on any atom is 0.305 e. The maximum atomic E-state index is 12.5. The average Bonchev–Trinajstić information content (AvgIpc) is 3.46. The van der Waals surface area contributed by atoms with E-state index in [1.807, 2.05) is 6.08 Å². The van der Waals surface area contributed by atoms with Crippen LogP contribution in [0.2, 0.25) is 0 Å². The molecule has 6 nitrogen and oxygen atoms in total.